The molecule has 2 aromatic rings. The van der Waals surface area contributed by atoms with Gasteiger partial charge in [0.1, 0.15) is 0 Å². The molecule has 8 heteroatoms. The van der Waals surface area contributed by atoms with Crippen LogP contribution in [0, 0.1) is 16.0 Å². The predicted octanol–water partition coefficient (Wildman–Crippen LogP) is 5.44. The second-order valence-corrected chi connectivity index (χ2v) is 7.54. The van der Waals surface area contributed by atoms with Crippen molar-refractivity contribution in [1.29, 1.82) is 0 Å². The van der Waals surface area contributed by atoms with E-state index >= 15 is 0 Å². The molecule has 0 unspecified atom stereocenters. The summed E-state index contributed by atoms with van der Waals surface area (Å²) in [6.45, 7) is 4.87. The average Bonchev–Trinajstić information content (AvgIpc) is 2.68. The van der Waals surface area contributed by atoms with Gasteiger partial charge in [-0.2, -0.15) is 0 Å². The van der Waals surface area contributed by atoms with E-state index in [1.54, 1.807) is 19.3 Å². The largest absolute Gasteiger partial charge is 0.493 e. The van der Waals surface area contributed by atoms with E-state index in [0.29, 0.717) is 34.2 Å². The van der Waals surface area contributed by atoms with Gasteiger partial charge in [0.05, 0.1) is 24.3 Å². The van der Waals surface area contributed by atoms with Gasteiger partial charge < -0.3 is 14.8 Å². The van der Waals surface area contributed by atoms with E-state index in [4.69, 9.17) is 9.47 Å². The number of nitro groups is 1. The highest BCUT2D eigenvalue weighted by molar-refractivity contribution is 9.10. The molecule has 0 saturated heterocycles. The highest BCUT2D eigenvalue weighted by Gasteiger charge is 2.10. The van der Waals surface area contributed by atoms with Gasteiger partial charge in [0.25, 0.3) is 5.69 Å². The number of anilines is 1. The number of amides is 1. The smallest absolute Gasteiger partial charge is 0.270 e. The molecule has 0 fully saturated rings. The van der Waals surface area contributed by atoms with Crippen LogP contribution in [0.3, 0.4) is 0 Å². The van der Waals surface area contributed by atoms with Gasteiger partial charge in [-0.3, -0.25) is 14.9 Å². The maximum Gasteiger partial charge on any atom is 0.270 e. The van der Waals surface area contributed by atoms with Crippen molar-refractivity contribution in [3.05, 3.63) is 62.6 Å². The number of benzene rings is 2. The first kappa shape index (κ1) is 22.4. The number of nitrogens with one attached hydrogen (secondary N) is 1. The number of carbonyl (C=O) groups is 1. The quantitative estimate of drug-likeness (QED) is 0.304. The molecule has 0 saturated carbocycles. The number of nitrogens with zero attached hydrogens (tertiary/aromatic N) is 1. The normalized spacial score (nSPS) is 10.9. The molecule has 0 radical (unpaired) electrons. The summed E-state index contributed by atoms with van der Waals surface area (Å²) in [7, 11) is 1.57. The van der Waals surface area contributed by atoms with Gasteiger partial charge in [0, 0.05) is 22.7 Å². The lowest BCUT2D eigenvalue weighted by molar-refractivity contribution is -0.384. The van der Waals surface area contributed by atoms with E-state index in [9.17, 15) is 14.9 Å². The second-order valence-electron chi connectivity index (χ2n) is 6.69. The molecule has 1 N–H and O–H groups in total. The number of rotatable bonds is 9. The monoisotopic (exact) mass is 462 g/mol. The summed E-state index contributed by atoms with van der Waals surface area (Å²) in [6.07, 6.45) is 3.97. The molecule has 0 bridgehead atoms. The first-order valence-electron chi connectivity index (χ1n) is 9.04. The molecule has 0 spiro atoms. The molecular weight excluding hydrogens is 440 g/mol. The van der Waals surface area contributed by atoms with Crippen molar-refractivity contribution in [2.75, 3.05) is 19.0 Å². The standard InChI is InChI=1S/C21H23BrN2O5/c1-14(2)10-11-29-19-8-4-15(12-20(19)28-3)5-9-21(25)23-18-7-6-16(24(26)27)13-17(18)22/h4-9,12-14H,10-11H2,1-3H3,(H,23,25)/b9-5+. The highest BCUT2D eigenvalue weighted by atomic mass is 79.9. The number of hydrogen-bond donors (Lipinski definition) is 1. The van der Waals surface area contributed by atoms with Crippen LogP contribution < -0.4 is 14.8 Å². The van der Waals surface area contributed by atoms with Crippen molar-refractivity contribution >= 4 is 39.3 Å². The van der Waals surface area contributed by atoms with Crippen molar-refractivity contribution in [2.45, 2.75) is 20.3 Å². The molecule has 1 amide bonds. The summed E-state index contributed by atoms with van der Waals surface area (Å²) in [4.78, 5) is 22.5. The van der Waals surface area contributed by atoms with E-state index in [-0.39, 0.29) is 11.6 Å². The van der Waals surface area contributed by atoms with Gasteiger partial charge >= 0.3 is 0 Å². The Balaban J connectivity index is 2.03. The second kappa shape index (κ2) is 10.6. The van der Waals surface area contributed by atoms with Gasteiger partial charge in [-0.15, -0.1) is 0 Å². The molecule has 29 heavy (non-hydrogen) atoms. The fraction of sp³-hybridized carbons (Fsp3) is 0.286. The number of nitro benzene ring substituents is 1. The van der Waals surface area contributed by atoms with Crippen LogP contribution >= 0.6 is 15.9 Å². The van der Waals surface area contributed by atoms with Crippen LogP contribution in [0.4, 0.5) is 11.4 Å². The lowest BCUT2D eigenvalue weighted by Crippen LogP contribution is -2.08. The van der Waals surface area contributed by atoms with Crippen LogP contribution in [-0.2, 0) is 4.79 Å². The lowest BCUT2D eigenvalue weighted by atomic mass is 10.1. The van der Waals surface area contributed by atoms with Crippen molar-refractivity contribution in [3.8, 4) is 11.5 Å². The third-order valence-electron chi connectivity index (χ3n) is 3.99. The first-order valence-corrected chi connectivity index (χ1v) is 9.83. The van der Waals surface area contributed by atoms with Crippen molar-refractivity contribution in [1.82, 2.24) is 0 Å². The zero-order valence-corrected chi connectivity index (χ0v) is 18.1. The van der Waals surface area contributed by atoms with Crippen LogP contribution in [0.15, 0.2) is 46.9 Å². The van der Waals surface area contributed by atoms with E-state index < -0.39 is 4.92 Å². The summed E-state index contributed by atoms with van der Waals surface area (Å²) in [6, 6.07) is 9.56. The maximum absolute atomic E-state index is 12.2. The average molecular weight is 463 g/mol. The highest BCUT2D eigenvalue weighted by Crippen LogP contribution is 2.29. The van der Waals surface area contributed by atoms with Gasteiger partial charge in [0.15, 0.2) is 11.5 Å². The zero-order chi connectivity index (χ0) is 21.4. The summed E-state index contributed by atoms with van der Waals surface area (Å²) in [5.41, 5.74) is 1.15. The Hall–Kier alpha value is -2.87. The third-order valence-corrected chi connectivity index (χ3v) is 4.65. The number of non-ortho nitro benzene ring substituents is 1. The van der Waals surface area contributed by atoms with Crippen LogP contribution in [-0.4, -0.2) is 24.5 Å². The Morgan fingerprint density at radius 3 is 2.62 bits per heavy atom. The molecule has 7 nitrogen and oxygen atoms in total. The Kier molecular flexibility index (Phi) is 8.21. The Morgan fingerprint density at radius 2 is 2.00 bits per heavy atom. The molecule has 2 rings (SSSR count). The van der Waals surface area contributed by atoms with E-state index in [1.807, 2.05) is 12.1 Å². The van der Waals surface area contributed by atoms with Crippen molar-refractivity contribution in [2.24, 2.45) is 5.92 Å². The van der Waals surface area contributed by atoms with E-state index in [0.717, 1.165) is 12.0 Å². The van der Waals surface area contributed by atoms with Crippen LogP contribution in [0.25, 0.3) is 6.08 Å². The fourth-order valence-electron chi connectivity index (χ4n) is 2.38. The third kappa shape index (κ3) is 6.90. The number of hydrogen-bond acceptors (Lipinski definition) is 5. The first-order chi connectivity index (χ1) is 13.8. The van der Waals surface area contributed by atoms with Gasteiger partial charge in [-0.05, 0) is 58.1 Å². The van der Waals surface area contributed by atoms with Crippen molar-refractivity contribution < 1.29 is 19.2 Å². The minimum atomic E-state index is -0.500. The van der Waals surface area contributed by atoms with Gasteiger partial charge in [-0.1, -0.05) is 19.9 Å². The predicted molar refractivity (Wildman–Crippen MR) is 116 cm³/mol. The number of methoxy groups -OCH3 is 1. The zero-order valence-electron chi connectivity index (χ0n) is 16.5. The van der Waals surface area contributed by atoms with Gasteiger partial charge in [-0.25, -0.2) is 0 Å². The van der Waals surface area contributed by atoms with E-state index in [1.165, 1.54) is 24.3 Å². The summed E-state index contributed by atoms with van der Waals surface area (Å²) in [5.74, 6) is 1.44. The summed E-state index contributed by atoms with van der Waals surface area (Å²) < 4.78 is 11.6. The minimum Gasteiger partial charge on any atom is -0.493 e. The molecular formula is C21H23BrN2O5. The molecule has 0 atom stereocenters. The molecule has 0 aliphatic rings. The number of carbonyl (C=O) groups excluding carboxylic acids is 1. The molecule has 2 aromatic carbocycles. The lowest BCUT2D eigenvalue weighted by Gasteiger charge is -2.12. The van der Waals surface area contributed by atoms with Crippen LogP contribution in [0.5, 0.6) is 11.5 Å². The number of ether oxygens (including phenoxy) is 2. The Morgan fingerprint density at radius 1 is 1.24 bits per heavy atom. The molecule has 0 aliphatic carbocycles. The fourth-order valence-corrected chi connectivity index (χ4v) is 2.84. The SMILES string of the molecule is COc1cc(/C=C/C(=O)Nc2ccc([N+](=O)[O-])cc2Br)ccc1OCCC(C)C. The minimum absolute atomic E-state index is 0.0618. The topological polar surface area (TPSA) is 90.7 Å². The maximum atomic E-state index is 12.2. The van der Waals surface area contributed by atoms with Crippen LogP contribution in [0.1, 0.15) is 25.8 Å². The molecule has 0 aliphatic heterocycles. The molecule has 154 valence electrons. The Bertz CT molecular complexity index is 912. The van der Waals surface area contributed by atoms with E-state index in [2.05, 4.69) is 35.1 Å². The number of halogens is 1. The summed E-state index contributed by atoms with van der Waals surface area (Å²) >= 11 is 3.22. The summed E-state index contributed by atoms with van der Waals surface area (Å²) in [5, 5.41) is 13.5. The van der Waals surface area contributed by atoms with Gasteiger partial charge in [0.2, 0.25) is 5.91 Å². The Labute approximate surface area is 178 Å². The molecule has 0 aromatic heterocycles. The molecule has 0 heterocycles. The van der Waals surface area contributed by atoms with Crippen molar-refractivity contribution in [3.63, 3.8) is 0 Å². The van der Waals surface area contributed by atoms with Crippen LogP contribution in [0.2, 0.25) is 0 Å².